The molecule has 0 aromatic heterocycles. The maximum Gasteiger partial charge on any atom is 0.405 e. The third-order valence-electron chi connectivity index (χ3n) is 4.75. The minimum absolute atomic E-state index is 0.287. The van der Waals surface area contributed by atoms with Crippen LogP contribution in [0, 0.1) is 0 Å². The maximum atomic E-state index is 12.3. The summed E-state index contributed by atoms with van der Waals surface area (Å²) in [6.45, 7) is 19.1. The molecular weight excluding hydrogens is 406 g/mol. The molecule has 0 aliphatic carbocycles. The number of nitrogens with zero attached hydrogens (tertiary/aromatic N) is 2. The number of benzene rings is 1. The summed E-state index contributed by atoms with van der Waals surface area (Å²) in [5.41, 5.74) is 7.22. The molecule has 2 N–H and O–H groups in total. The molecule has 0 spiro atoms. The quantitative estimate of drug-likeness (QED) is 0.616. The van der Waals surface area contributed by atoms with Gasteiger partial charge in [0.05, 0.1) is 11.1 Å². The molecule has 1 heterocycles. The molecule has 1 aromatic rings. The van der Waals surface area contributed by atoms with Crippen molar-refractivity contribution < 1.29 is 19.1 Å². The molecule has 0 unspecified atom stereocenters. The molecule has 0 saturated heterocycles. The lowest BCUT2D eigenvalue weighted by Gasteiger charge is -2.21. The number of carbonyl (C=O) groups excluding carboxylic acids is 3. The molecule has 3 amide bonds. The van der Waals surface area contributed by atoms with Crippen molar-refractivity contribution in [1.29, 1.82) is 0 Å². The highest BCUT2D eigenvalue weighted by Gasteiger charge is 2.34. The Morgan fingerprint density at radius 3 is 1.81 bits per heavy atom. The average Bonchev–Trinajstić information content (AvgIpc) is 2.95. The van der Waals surface area contributed by atoms with Crippen LogP contribution in [0.3, 0.4) is 0 Å². The van der Waals surface area contributed by atoms with Crippen molar-refractivity contribution in [1.82, 2.24) is 4.90 Å². The molecule has 2 rings (SSSR count). The second kappa shape index (κ2) is 11.9. The summed E-state index contributed by atoms with van der Waals surface area (Å²) < 4.78 is 4.58. The van der Waals surface area contributed by atoms with Crippen LogP contribution in [0.4, 0.5) is 10.5 Å². The molecule has 1 aromatic carbocycles. The maximum absolute atomic E-state index is 12.3. The van der Waals surface area contributed by atoms with E-state index < -0.39 is 11.7 Å². The van der Waals surface area contributed by atoms with Crippen molar-refractivity contribution >= 4 is 23.6 Å². The van der Waals surface area contributed by atoms with E-state index in [1.165, 1.54) is 22.7 Å². The Kier molecular flexibility index (Phi) is 9.91. The lowest BCUT2D eigenvalue weighted by molar-refractivity contribution is -0.137. The molecule has 0 radical (unpaired) electrons. The summed E-state index contributed by atoms with van der Waals surface area (Å²) in [6, 6.07) is 8.26. The van der Waals surface area contributed by atoms with Gasteiger partial charge >= 0.3 is 6.09 Å². The van der Waals surface area contributed by atoms with Crippen molar-refractivity contribution in [2.75, 3.05) is 24.5 Å². The molecule has 0 fully saturated rings. The normalized spacial score (nSPS) is 13.5. The summed E-state index contributed by atoms with van der Waals surface area (Å²) in [5, 5.41) is 0. The van der Waals surface area contributed by atoms with Gasteiger partial charge in [-0.1, -0.05) is 37.4 Å². The van der Waals surface area contributed by atoms with Gasteiger partial charge in [-0.2, -0.15) is 0 Å². The molecule has 7 nitrogen and oxygen atoms in total. The van der Waals surface area contributed by atoms with Gasteiger partial charge in [-0.05, 0) is 58.7 Å². The predicted octanol–water partition coefficient (Wildman–Crippen LogP) is 3.99. The number of ether oxygens (including phenoxy) is 1. The van der Waals surface area contributed by atoms with E-state index in [4.69, 9.17) is 5.73 Å². The van der Waals surface area contributed by atoms with Crippen molar-refractivity contribution in [3.05, 3.63) is 66.3 Å². The first-order valence-electron chi connectivity index (χ1n) is 10.7. The highest BCUT2D eigenvalue weighted by molar-refractivity contribution is 6.21. The van der Waals surface area contributed by atoms with Crippen LogP contribution in [0.15, 0.2) is 60.7 Å². The summed E-state index contributed by atoms with van der Waals surface area (Å²) in [4.78, 5) is 38.1. The molecule has 174 valence electrons. The monoisotopic (exact) mass is 441 g/mol. The van der Waals surface area contributed by atoms with Crippen molar-refractivity contribution in [2.45, 2.75) is 46.6 Å². The Balaban J connectivity index is 0.000000547. The average molecular weight is 442 g/mol. The second-order valence-corrected chi connectivity index (χ2v) is 8.12. The largest absolute Gasteiger partial charge is 0.444 e. The second-order valence-electron chi connectivity index (χ2n) is 8.12. The van der Waals surface area contributed by atoms with Gasteiger partial charge in [0.1, 0.15) is 5.60 Å². The molecule has 0 bridgehead atoms. The van der Waals surface area contributed by atoms with Gasteiger partial charge in [0.25, 0.3) is 11.8 Å². The van der Waals surface area contributed by atoms with E-state index in [2.05, 4.69) is 60.9 Å². The smallest absolute Gasteiger partial charge is 0.405 e. The van der Waals surface area contributed by atoms with Crippen molar-refractivity contribution in [2.24, 2.45) is 5.73 Å². The van der Waals surface area contributed by atoms with E-state index in [1.807, 2.05) is 0 Å². The number of hydrogen-bond acceptors (Lipinski definition) is 5. The first-order valence-corrected chi connectivity index (χ1v) is 10.7. The van der Waals surface area contributed by atoms with Crippen LogP contribution in [0.5, 0.6) is 0 Å². The molecule has 32 heavy (non-hydrogen) atoms. The number of primary amides is 1. The number of imide groups is 1. The van der Waals surface area contributed by atoms with Crippen LogP contribution in [0.2, 0.25) is 0 Å². The molecule has 0 atom stereocenters. The summed E-state index contributed by atoms with van der Waals surface area (Å²) in [6.07, 6.45) is 2.76. The number of hydrogen-bond donors (Lipinski definition) is 1. The molecule has 1 aliphatic heterocycles. The Bertz CT molecular complexity index is 845. The SMILES string of the molecule is C=CC1=C(C=C)C(=O)N(CCc2ccc(N(CC)CC)cc2)C1=O.CC(C)(C)OC(N)=O. The third kappa shape index (κ3) is 7.41. The van der Waals surface area contributed by atoms with Crippen molar-refractivity contribution in [3.8, 4) is 0 Å². The topological polar surface area (TPSA) is 92.9 Å². The van der Waals surface area contributed by atoms with E-state index in [0.29, 0.717) is 24.1 Å². The van der Waals surface area contributed by atoms with E-state index in [-0.39, 0.29) is 11.8 Å². The summed E-state index contributed by atoms with van der Waals surface area (Å²) >= 11 is 0. The zero-order valence-corrected chi connectivity index (χ0v) is 19.8. The minimum atomic E-state index is -0.725. The zero-order chi connectivity index (χ0) is 24.5. The van der Waals surface area contributed by atoms with Gasteiger partial charge in [-0.25, -0.2) is 4.79 Å². The summed E-state index contributed by atoms with van der Waals surface area (Å²) in [5.74, 6) is -0.575. The highest BCUT2D eigenvalue weighted by atomic mass is 16.6. The van der Waals surface area contributed by atoms with Gasteiger partial charge in [0.15, 0.2) is 0 Å². The van der Waals surface area contributed by atoms with Crippen LogP contribution in [-0.2, 0) is 20.7 Å². The van der Waals surface area contributed by atoms with Gasteiger partial charge in [0.2, 0.25) is 0 Å². The Morgan fingerprint density at radius 2 is 1.50 bits per heavy atom. The Morgan fingerprint density at radius 1 is 1.03 bits per heavy atom. The van der Waals surface area contributed by atoms with Crippen LogP contribution >= 0.6 is 0 Å². The number of amides is 3. The predicted molar refractivity (Wildman–Crippen MR) is 128 cm³/mol. The molecule has 1 aliphatic rings. The van der Waals surface area contributed by atoms with E-state index in [0.717, 1.165) is 18.7 Å². The molecule has 0 saturated carbocycles. The van der Waals surface area contributed by atoms with Gasteiger partial charge in [-0.3, -0.25) is 14.5 Å². The third-order valence-corrected chi connectivity index (χ3v) is 4.75. The number of anilines is 1. The highest BCUT2D eigenvalue weighted by Crippen LogP contribution is 2.23. The number of rotatable bonds is 8. The van der Waals surface area contributed by atoms with E-state index >= 15 is 0 Å². The number of carbonyl (C=O) groups is 3. The summed E-state index contributed by atoms with van der Waals surface area (Å²) in [7, 11) is 0. The zero-order valence-electron chi connectivity index (χ0n) is 19.8. The van der Waals surface area contributed by atoms with Gasteiger partial charge in [-0.15, -0.1) is 0 Å². The van der Waals surface area contributed by atoms with E-state index in [1.54, 1.807) is 20.8 Å². The van der Waals surface area contributed by atoms with Crippen molar-refractivity contribution in [3.63, 3.8) is 0 Å². The first kappa shape index (κ1) is 26.7. The fourth-order valence-electron chi connectivity index (χ4n) is 3.22. The van der Waals surface area contributed by atoms with Crippen LogP contribution < -0.4 is 10.6 Å². The Hall–Kier alpha value is -3.35. The fourth-order valence-corrected chi connectivity index (χ4v) is 3.22. The first-order chi connectivity index (χ1) is 15.0. The molecule has 7 heteroatoms. The van der Waals surface area contributed by atoms with Crippen LogP contribution in [0.1, 0.15) is 40.2 Å². The fraction of sp³-hybridized carbons (Fsp3) is 0.400. The minimum Gasteiger partial charge on any atom is -0.444 e. The van der Waals surface area contributed by atoms with Gasteiger partial charge < -0.3 is 15.4 Å². The van der Waals surface area contributed by atoms with E-state index in [9.17, 15) is 14.4 Å². The van der Waals surface area contributed by atoms with Gasteiger partial charge in [0, 0.05) is 25.3 Å². The Labute approximate surface area is 191 Å². The van der Waals surface area contributed by atoms with Crippen LogP contribution in [0.25, 0.3) is 0 Å². The lowest BCUT2D eigenvalue weighted by atomic mass is 10.1. The lowest BCUT2D eigenvalue weighted by Crippen LogP contribution is -2.33. The molecular formula is C25H35N3O4. The van der Waals surface area contributed by atoms with Crippen LogP contribution in [-0.4, -0.2) is 48.0 Å². The standard InChI is InChI=1S/C20H24N2O2.C5H11NO2/c1-5-17-18(6-2)20(24)22(19(17)23)14-13-15-9-11-16(12-10-15)21(7-3)8-4;1-5(2,3)8-4(6)7/h5-6,9-12H,1-2,7-8,13-14H2,3-4H3;1-3H3,(H2,6,7). The number of nitrogens with two attached hydrogens (primary N) is 1.